The number of hydrogen-bond acceptors (Lipinski definition) is 2. The molecule has 98 valence electrons. The molecule has 0 atom stereocenters. The highest BCUT2D eigenvalue weighted by Gasteiger charge is 2.05. The van der Waals surface area contributed by atoms with Crippen molar-refractivity contribution in [3.05, 3.63) is 72.8 Å². The zero-order valence-electron chi connectivity index (χ0n) is 11.4. The second-order valence-electron chi connectivity index (χ2n) is 4.61. The predicted octanol–water partition coefficient (Wildman–Crippen LogP) is 4.46. The summed E-state index contributed by atoms with van der Waals surface area (Å²) in [6, 6.07) is 24.8. The van der Waals surface area contributed by atoms with Gasteiger partial charge in [-0.1, -0.05) is 60.7 Å². The summed E-state index contributed by atoms with van der Waals surface area (Å²) in [6.45, 7) is 0. The van der Waals surface area contributed by atoms with E-state index in [1.807, 2.05) is 31.3 Å². The van der Waals surface area contributed by atoms with Gasteiger partial charge in [-0.05, 0) is 23.3 Å². The maximum absolute atomic E-state index is 4.64. The Kier molecular flexibility index (Phi) is 3.46. The van der Waals surface area contributed by atoms with E-state index in [0.29, 0.717) is 0 Å². The zero-order chi connectivity index (χ0) is 13.8. The number of anilines is 1. The molecule has 1 N–H and O–H groups in total. The fraction of sp³-hybridized carbons (Fsp3) is 0.0556. The van der Waals surface area contributed by atoms with Gasteiger partial charge in [0.25, 0.3) is 0 Å². The van der Waals surface area contributed by atoms with Crippen LogP contribution in [0.5, 0.6) is 0 Å². The van der Waals surface area contributed by atoms with Crippen molar-refractivity contribution in [1.82, 2.24) is 4.98 Å². The van der Waals surface area contributed by atoms with Crippen LogP contribution in [0, 0.1) is 0 Å². The molecule has 0 spiro atoms. The van der Waals surface area contributed by atoms with Crippen LogP contribution in [-0.2, 0) is 0 Å². The normalized spacial score (nSPS) is 10.2. The molecule has 3 aromatic rings. The minimum absolute atomic E-state index is 0.880. The number of aromatic nitrogens is 1. The van der Waals surface area contributed by atoms with Gasteiger partial charge in [0.05, 0.1) is 5.69 Å². The Morgan fingerprint density at radius 2 is 1.30 bits per heavy atom. The highest BCUT2D eigenvalue weighted by atomic mass is 15.0. The smallest absolute Gasteiger partial charge is 0.126 e. The van der Waals surface area contributed by atoms with Gasteiger partial charge in [-0.2, -0.15) is 0 Å². The van der Waals surface area contributed by atoms with Gasteiger partial charge in [-0.15, -0.1) is 0 Å². The van der Waals surface area contributed by atoms with Crippen LogP contribution in [0.4, 0.5) is 5.82 Å². The molecule has 2 aromatic carbocycles. The largest absolute Gasteiger partial charge is 0.373 e. The number of nitrogens with one attached hydrogen (secondary N) is 1. The quantitative estimate of drug-likeness (QED) is 0.752. The number of benzene rings is 2. The van der Waals surface area contributed by atoms with Crippen molar-refractivity contribution in [3.8, 4) is 22.4 Å². The molecule has 0 aliphatic heterocycles. The van der Waals surface area contributed by atoms with E-state index in [1.165, 1.54) is 11.1 Å². The Morgan fingerprint density at radius 1 is 0.700 bits per heavy atom. The third kappa shape index (κ3) is 2.54. The molecule has 0 amide bonds. The monoisotopic (exact) mass is 260 g/mol. The lowest BCUT2D eigenvalue weighted by Crippen LogP contribution is -1.95. The molecule has 0 radical (unpaired) electrons. The number of hydrogen-bond donors (Lipinski definition) is 1. The molecule has 0 aliphatic carbocycles. The molecule has 0 unspecified atom stereocenters. The lowest BCUT2D eigenvalue weighted by Gasteiger charge is -2.09. The Hall–Kier alpha value is -2.61. The second kappa shape index (κ2) is 5.57. The first-order chi connectivity index (χ1) is 9.86. The fourth-order valence-corrected chi connectivity index (χ4v) is 2.21. The topological polar surface area (TPSA) is 24.9 Å². The average Bonchev–Trinajstić information content (AvgIpc) is 2.56. The maximum atomic E-state index is 4.64. The predicted molar refractivity (Wildman–Crippen MR) is 84.7 cm³/mol. The minimum atomic E-state index is 0.880. The van der Waals surface area contributed by atoms with E-state index in [9.17, 15) is 0 Å². The molecule has 0 saturated heterocycles. The van der Waals surface area contributed by atoms with E-state index in [2.05, 4.69) is 58.8 Å². The first-order valence-corrected chi connectivity index (χ1v) is 6.67. The minimum Gasteiger partial charge on any atom is -0.373 e. The molecule has 0 bridgehead atoms. The highest BCUT2D eigenvalue weighted by molar-refractivity contribution is 5.73. The molecule has 2 heteroatoms. The van der Waals surface area contributed by atoms with Gasteiger partial charge < -0.3 is 5.32 Å². The summed E-state index contributed by atoms with van der Waals surface area (Å²) < 4.78 is 0. The molecule has 3 rings (SSSR count). The van der Waals surface area contributed by atoms with Crippen molar-refractivity contribution in [1.29, 1.82) is 0 Å². The highest BCUT2D eigenvalue weighted by Crippen LogP contribution is 2.27. The van der Waals surface area contributed by atoms with Crippen molar-refractivity contribution in [2.45, 2.75) is 0 Å². The molecule has 0 fully saturated rings. The van der Waals surface area contributed by atoms with Gasteiger partial charge in [0, 0.05) is 12.6 Å². The van der Waals surface area contributed by atoms with E-state index in [1.54, 1.807) is 0 Å². The summed E-state index contributed by atoms with van der Waals surface area (Å²) in [7, 11) is 1.89. The van der Waals surface area contributed by atoms with Crippen LogP contribution in [0.1, 0.15) is 0 Å². The van der Waals surface area contributed by atoms with Crippen LogP contribution in [0.2, 0.25) is 0 Å². The van der Waals surface area contributed by atoms with Crippen LogP contribution in [0.3, 0.4) is 0 Å². The average molecular weight is 260 g/mol. The summed E-state index contributed by atoms with van der Waals surface area (Å²) >= 11 is 0. The number of nitrogens with zero attached hydrogens (tertiary/aromatic N) is 1. The third-order valence-corrected chi connectivity index (χ3v) is 3.26. The van der Waals surface area contributed by atoms with E-state index in [4.69, 9.17) is 0 Å². The second-order valence-corrected chi connectivity index (χ2v) is 4.61. The van der Waals surface area contributed by atoms with Crippen LogP contribution >= 0.6 is 0 Å². The van der Waals surface area contributed by atoms with Gasteiger partial charge in [-0.25, -0.2) is 4.98 Å². The lowest BCUT2D eigenvalue weighted by atomic mass is 10.0. The van der Waals surface area contributed by atoms with Crippen molar-refractivity contribution >= 4 is 5.82 Å². The van der Waals surface area contributed by atoms with Crippen molar-refractivity contribution in [2.75, 3.05) is 12.4 Å². The Morgan fingerprint density at radius 3 is 1.90 bits per heavy atom. The molecular formula is C18H16N2. The van der Waals surface area contributed by atoms with Crippen molar-refractivity contribution in [2.24, 2.45) is 0 Å². The summed E-state index contributed by atoms with van der Waals surface area (Å²) in [5.74, 6) is 0.880. The molecule has 1 aromatic heterocycles. The van der Waals surface area contributed by atoms with Crippen LogP contribution < -0.4 is 5.32 Å². The molecule has 0 aliphatic rings. The SMILES string of the molecule is CNc1cc(-c2ccccc2)cc(-c2ccccc2)n1. The Balaban J connectivity index is 2.13. The van der Waals surface area contributed by atoms with Crippen LogP contribution in [-0.4, -0.2) is 12.0 Å². The molecule has 1 heterocycles. The summed E-state index contributed by atoms with van der Waals surface area (Å²) in [5, 5.41) is 3.14. The molecular weight excluding hydrogens is 244 g/mol. The maximum Gasteiger partial charge on any atom is 0.126 e. The van der Waals surface area contributed by atoms with Crippen LogP contribution in [0.15, 0.2) is 72.8 Å². The molecule has 0 saturated carbocycles. The fourth-order valence-electron chi connectivity index (χ4n) is 2.21. The zero-order valence-corrected chi connectivity index (χ0v) is 11.4. The Bertz CT molecular complexity index is 633. The first-order valence-electron chi connectivity index (χ1n) is 6.67. The van der Waals surface area contributed by atoms with Crippen molar-refractivity contribution < 1.29 is 0 Å². The van der Waals surface area contributed by atoms with Gasteiger partial charge in [0.15, 0.2) is 0 Å². The van der Waals surface area contributed by atoms with Gasteiger partial charge >= 0.3 is 0 Å². The van der Waals surface area contributed by atoms with E-state index >= 15 is 0 Å². The third-order valence-electron chi connectivity index (χ3n) is 3.26. The Labute approximate surface area is 119 Å². The standard InChI is InChI=1S/C18H16N2/c1-19-18-13-16(14-8-4-2-5-9-14)12-17(20-18)15-10-6-3-7-11-15/h2-13H,1H3,(H,19,20). The van der Waals surface area contributed by atoms with Crippen LogP contribution in [0.25, 0.3) is 22.4 Å². The lowest BCUT2D eigenvalue weighted by molar-refractivity contribution is 1.29. The first kappa shape index (κ1) is 12.4. The number of rotatable bonds is 3. The van der Waals surface area contributed by atoms with E-state index < -0.39 is 0 Å². The van der Waals surface area contributed by atoms with Crippen molar-refractivity contribution in [3.63, 3.8) is 0 Å². The van der Waals surface area contributed by atoms with Gasteiger partial charge in [0.1, 0.15) is 5.82 Å². The molecule has 20 heavy (non-hydrogen) atoms. The summed E-state index contributed by atoms with van der Waals surface area (Å²) in [6.07, 6.45) is 0. The van der Waals surface area contributed by atoms with E-state index in [0.717, 1.165) is 17.1 Å². The molecule has 2 nitrogen and oxygen atoms in total. The summed E-state index contributed by atoms with van der Waals surface area (Å²) in [4.78, 5) is 4.64. The summed E-state index contributed by atoms with van der Waals surface area (Å²) in [5.41, 5.74) is 4.48. The number of pyridine rings is 1. The van der Waals surface area contributed by atoms with Gasteiger partial charge in [0.2, 0.25) is 0 Å². The van der Waals surface area contributed by atoms with Gasteiger partial charge in [-0.3, -0.25) is 0 Å². The van der Waals surface area contributed by atoms with E-state index in [-0.39, 0.29) is 0 Å².